The van der Waals surface area contributed by atoms with Gasteiger partial charge < -0.3 is 9.47 Å². The highest BCUT2D eigenvalue weighted by molar-refractivity contribution is 5.99. The van der Waals surface area contributed by atoms with Crippen LogP contribution in [0.4, 0.5) is 0 Å². The van der Waals surface area contributed by atoms with Crippen LogP contribution in [0, 0.1) is 0 Å². The number of rotatable bonds is 1. The molecule has 0 saturated carbocycles. The van der Waals surface area contributed by atoms with E-state index in [0.29, 0.717) is 11.8 Å². The molecule has 0 bridgehead atoms. The molecule has 0 saturated heterocycles. The second-order valence-corrected chi connectivity index (χ2v) is 2.90. The van der Waals surface area contributed by atoms with Crippen LogP contribution in [-0.4, -0.2) is 20.1 Å². The van der Waals surface area contributed by atoms with Crippen LogP contribution in [0.1, 0.15) is 11.1 Å². The number of ether oxygens (including phenoxy) is 2. The fourth-order valence-electron chi connectivity index (χ4n) is 1.40. The van der Waals surface area contributed by atoms with Crippen LogP contribution in [0.5, 0.6) is 0 Å². The molecule has 1 aromatic carbocycles. The molecule has 0 N–H and O–H groups in total. The molecule has 0 aliphatic carbocycles. The van der Waals surface area contributed by atoms with Crippen LogP contribution in [0.3, 0.4) is 0 Å². The monoisotopic (exact) mass is 189 g/mol. The molecular formula is C11H11NO2+. The van der Waals surface area contributed by atoms with Crippen molar-refractivity contribution in [2.45, 2.75) is 0 Å². The van der Waals surface area contributed by atoms with E-state index < -0.39 is 0 Å². The molecule has 0 amide bonds. The summed E-state index contributed by atoms with van der Waals surface area (Å²) in [7, 11) is 3.20. The molecule has 0 fully saturated rings. The normalized spacial score (nSPS) is 13.9. The van der Waals surface area contributed by atoms with E-state index in [4.69, 9.17) is 9.47 Å². The minimum atomic E-state index is 0.570. The van der Waals surface area contributed by atoms with Gasteiger partial charge in [0.05, 0.1) is 20.3 Å². The summed E-state index contributed by atoms with van der Waals surface area (Å²) in [5, 5.41) is 0. The number of nitrogens with zero attached hydrogens (tertiary/aromatic N) is 1. The summed E-state index contributed by atoms with van der Waals surface area (Å²) < 4.78 is 10.3. The molecule has 2 rings (SSSR count). The predicted octanol–water partition coefficient (Wildman–Crippen LogP) is 1.37. The summed E-state index contributed by atoms with van der Waals surface area (Å²) in [5.41, 5.74) is 2.06. The van der Waals surface area contributed by atoms with Gasteiger partial charge in [-0.1, -0.05) is 18.2 Å². The van der Waals surface area contributed by atoms with E-state index in [0.717, 1.165) is 11.1 Å². The van der Waals surface area contributed by atoms with E-state index in [1.807, 2.05) is 30.3 Å². The first-order valence-corrected chi connectivity index (χ1v) is 4.33. The van der Waals surface area contributed by atoms with Gasteiger partial charge in [0, 0.05) is 5.56 Å². The lowest BCUT2D eigenvalue weighted by Crippen LogP contribution is -2.17. The number of methoxy groups -OCH3 is 2. The van der Waals surface area contributed by atoms with E-state index in [1.165, 1.54) is 0 Å². The number of hydrogen-bond donors (Lipinski definition) is 0. The Kier molecular flexibility index (Phi) is 2.23. The molecule has 1 radical (unpaired) electrons. The van der Waals surface area contributed by atoms with Crippen molar-refractivity contribution in [2.75, 3.05) is 14.2 Å². The van der Waals surface area contributed by atoms with Gasteiger partial charge in [-0.2, -0.15) is 0 Å². The van der Waals surface area contributed by atoms with Gasteiger partial charge in [0.1, 0.15) is 5.56 Å². The Balaban J connectivity index is 2.54. The van der Waals surface area contributed by atoms with Crippen molar-refractivity contribution in [1.29, 1.82) is 0 Å². The highest BCUT2D eigenvalue weighted by Crippen LogP contribution is 2.17. The Morgan fingerprint density at radius 3 is 2.57 bits per heavy atom. The highest BCUT2D eigenvalue weighted by atomic mass is 16.5. The largest absolute Gasteiger partial charge is 0.447 e. The van der Waals surface area contributed by atoms with E-state index in [1.54, 1.807) is 14.2 Å². The SMILES string of the molecule is COC1=Cc2ccccc2C(OC)=[N+]1. The summed E-state index contributed by atoms with van der Waals surface area (Å²) >= 11 is 0. The molecule has 14 heavy (non-hydrogen) atoms. The average molecular weight is 189 g/mol. The Morgan fingerprint density at radius 1 is 1.07 bits per heavy atom. The fraction of sp³-hybridized carbons (Fsp3) is 0.182. The maximum absolute atomic E-state index is 5.18. The average Bonchev–Trinajstić information content (AvgIpc) is 2.27. The molecule has 71 valence electrons. The molecule has 1 heterocycles. The molecule has 1 aliphatic heterocycles. The zero-order valence-electron chi connectivity index (χ0n) is 8.15. The lowest BCUT2D eigenvalue weighted by atomic mass is 10.1. The molecule has 0 unspecified atom stereocenters. The van der Waals surface area contributed by atoms with Crippen molar-refractivity contribution in [3.63, 3.8) is 0 Å². The smallest absolute Gasteiger partial charge is 0.443 e. The number of benzene rings is 1. The van der Waals surface area contributed by atoms with Crippen molar-refractivity contribution in [3.8, 4) is 0 Å². The first-order chi connectivity index (χ1) is 6.85. The molecule has 0 spiro atoms. The minimum Gasteiger partial charge on any atom is -0.443 e. The van der Waals surface area contributed by atoms with E-state index in [-0.39, 0.29) is 0 Å². The van der Waals surface area contributed by atoms with Crippen molar-refractivity contribution in [2.24, 2.45) is 0 Å². The van der Waals surface area contributed by atoms with Crippen molar-refractivity contribution in [1.82, 2.24) is 4.99 Å². The number of fused-ring (bicyclic) bond motifs is 1. The molecule has 0 atom stereocenters. The second-order valence-electron chi connectivity index (χ2n) is 2.90. The third kappa shape index (κ3) is 1.37. The summed E-state index contributed by atoms with van der Waals surface area (Å²) in [6.07, 6.45) is 1.89. The first-order valence-electron chi connectivity index (χ1n) is 4.33. The van der Waals surface area contributed by atoms with Crippen LogP contribution < -0.4 is 4.99 Å². The predicted molar refractivity (Wildman–Crippen MR) is 54.7 cm³/mol. The van der Waals surface area contributed by atoms with Gasteiger partial charge in [0.15, 0.2) is 4.99 Å². The van der Waals surface area contributed by atoms with Gasteiger partial charge in [-0.15, -0.1) is 0 Å². The van der Waals surface area contributed by atoms with Crippen molar-refractivity contribution in [3.05, 3.63) is 41.3 Å². The van der Waals surface area contributed by atoms with Gasteiger partial charge in [-0.05, 0) is 6.07 Å². The van der Waals surface area contributed by atoms with E-state index in [2.05, 4.69) is 4.99 Å². The standard InChI is InChI=1S/C11H11NO2/c1-13-10-7-8-5-3-4-6-9(8)11(12-10)14-2/h3-7H,1-2H3/q+1. The molecule has 3 heteroatoms. The molecule has 3 nitrogen and oxygen atoms in total. The summed E-state index contributed by atoms with van der Waals surface area (Å²) in [6, 6.07) is 7.91. The van der Waals surface area contributed by atoms with Crippen LogP contribution in [0.2, 0.25) is 0 Å². The van der Waals surface area contributed by atoms with Crippen LogP contribution in [0.15, 0.2) is 30.1 Å². The van der Waals surface area contributed by atoms with Crippen molar-refractivity contribution < 1.29 is 9.47 Å². The van der Waals surface area contributed by atoms with Gasteiger partial charge in [0.25, 0.3) is 0 Å². The van der Waals surface area contributed by atoms with Gasteiger partial charge in [-0.3, -0.25) is 0 Å². The second kappa shape index (κ2) is 3.54. The van der Waals surface area contributed by atoms with Crippen LogP contribution in [0.25, 0.3) is 6.08 Å². The van der Waals surface area contributed by atoms with Crippen LogP contribution in [-0.2, 0) is 9.47 Å². The Bertz CT molecular complexity index is 408. The topological polar surface area (TPSA) is 32.6 Å². The maximum Gasteiger partial charge on any atom is 0.447 e. The Hall–Kier alpha value is -1.77. The van der Waals surface area contributed by atoms with Crippen LogP contribution >= 0.6 is 0 Å². The molecule has 1 aromatic rings. The lowest BCUT2D eigenvalue weighted by molar-refractivity contribution is 0.276. The van der Waals surface area contributed by atoms with E-state index in [9.17, 15) is 0 Å². The first kappa shape index (κ1) is 8.81. The van der Waals surface area contributed by atoms with Crippen molar-refractivity contribution >= 4 is 12.0 Å². The third-order valence-corrected chi connectivity index (χ3v) is 2.08. The number of aliphatic imine (C=N–C) groups is 1. The molecule has 1 aliphatic rings. The lowest BCUT2D eigenvalue weighted by Gasteiger charge is -2.04. The Morgan fingerprint density at radius 2 is 1.86 bits per heavy atom. The van der Waals surface area contributed by atoms with Gasteiger partial charge in [-0.25, -0.2) is 0 Å². The molecule has 0 aromatic heterocycles. The Labute approximate surface area is 82.7 Å². The quantitative estimate of drug-likeness (QED) is 0.668. The number of hydrogen-bond acceptors (Lipinski definition) is 3. The minimum absolute atomic E-state index is 0.570. The summed E-state index contributed by atoms with van der Waals surface area (Å²) in [4.78, 5) is 4.19. The fourth-order valence-corrected chi connectivity index (χ4v) is 1.40. The molecular weight excluding hydrogens is 178 g/mol. The zero-order valence-corrected chi connectivity index (χ0v) is 8.15. The summed E-state index contributed by atoms with van der Waals surface area (Å²) in [5.74, 6) is 1.17. The van der Waals surface area contributed by atoms with E-state index >= 15 is 0 Å². The summed E-state index contributed by atoms with van der Waals surface area (Å²) in [6.45, 7) is 0. The highest BCUT2D eigenvalue weighted by Gasteiger charge is 2.27. The third-order valence-electron chi connectivity index (χ3n) is 2.08. The zero-order chi connectivity index (χ0) is 9.97. The maximum atomic E-state index is 5.18. The van der Waals surface area contributed by atoms with Gasteiger partial charge >= 0.3 is 11.8 Å². The van der Waals surface area contributed by atoms with Gasteiger partial charge in [0.2, 0.25) is 0 Å².